The van der Waals surface area contributed by atoms with E-state index in [9.17, 15) is 4.79 Å². The van der Waals surface area contributed by atoms with Crippen molar-refractivity contribution in [3.63, 3.8) is 0 Å². The van der Waals surface area contributed by atoms with Gasteiger partial charge in [0, 0.05) is 6.04 Å². The number of thioether (sulfide) groups is 1. The van der Waals surface area contributed by atoms with E-state index < -0.39 is 0 Å². The lowest BCUT2D eigenvalue weighted by molar-refractivity contribution is -0.123. The zero-order valence-electron chi connectivity index (χ0n) is 11.9. The molecule has 2 aromatic rings. The molecule has 3 rings (SSSR count). The number of carbonyl (C=O) groups is 1. The van der Waals surface area contributed by atoms with Crippen LogP contribution in [-0.2, 0) is 4.79 Å². The smallest absolute Gasteiger partial charge is 0.266 e. The highest BCUT2D eigenvalue weighted by Gasteiger charge is 2.33. The lowest BCUT2D eigenvalue weighted by Crippen LogP contribution is -2.34. The number of rotatable bonds is 2. The van der Waals surface area contributed by atoms with E-state index in [-0.39, 0.29) is 11.9 Å². The van der Waals surface area contributed by atoms with Gasteiger partial charge in [0.25, 0.3) is 5.91 Å². The van der Waals surface area contributed by atoms with Gasteiger partial charge in [-0.15, -0.1) is 0 Å². The Morgan fingerprint density at radius 3 is 2.57 bits per heavy atom. The highest BCUT2D eigenvalue weighted by Crippen LogP contribution is 2.34. The molecule has 1 aliphatic rings. The zero-order valence-corrected chi connectivity index (χ0v) is 13.5. The number of benzene rings is 2. The summed E-state index contributed by atoms with van der Waals surface area (Å²) >= 11 is 6.69. The van der Waals surface area contributed by atoms with Crippen LogP contribution in [0.4, 0.5) is 0 Å². The van der Waals surface area contributed by atoms with Crippen LogP contribution in [0, 0.1) is 0 Å². The molecule has 0 aromatic heterocycles. The van der Waals surface area contributed by atoms with Crippen molar-refractivity contribution in [1.82, 2.24) is 4.90 Å². The second-order valence-electron chi connectivity index (χ2n) is 5.21. The Kier molecular flexibility index (Phi) is 3.83. The molecular formula is C17H15NOS2. The van der Waals surface area contributed by atoms with Gasteiger partial charge in [-0.1, -0.05) is 66.4 Å². The third-order valence-corrected chi connectivity index (χ3v) is 4.78. The second kappa shape index (κ2) is 5.62. The molecule has 4 heteroatoms. The minimum atomic E-state index is 0.00735. The maximum Gasteiger partial charge on any atom is 0.266 e. The largest absolute Gasteiger partial charge is 0.290 e. The fraction of sp³-hybridized carbons (Fsp3) is 0.176. The maximum absolute atomic E-state index is 12.4. The van der Waals surface area contributed by atoms with Crippen LogP contribution in [0.3, 0.4) is 0 Å². The fourth-order valence-electron chi connectivity index (χ4n) is 2.44. The maximum atomic E-state index is 12.4. The SMILES string of the molecule is CC(C)N1C(=O)/C(=C\c2cccc3ccccc23)SC1=S. The first-order valence-corrected chi connectivity index (χ1v) is 8.05. The van der Waals surface area contributed by atoms with Crippen LogP contribution in [0.15, 0.2) is 47.4 Å². The predicted octanol–water partition coefficient (Wildman–Crippen LogP) is 4.45. The fourth-order valence-corrected chi connectivity index (χ4v) is 3.96. The summed E-state index contributed by atoms with van der Waals surface area (Å²) < 4.78 is 0.640. The molecule has 1 aliphatic heterocycles. The van der Waals surface area contributed by atoms with E-state index in [1.54, 1.807) is 4.90 Å². The van der Waals surface area contributed by atoms with Gasteiger partial charge in [-0.25, -0.2) is 0 Å². The van der Waals surface area contributed by atoms with Crippen LogP contribution in [0.2, 0.25) is 0 Å². The van der Waals surface area contributed by atoms with E-state index in [1.807, 2.05) is 44.2 Å². The van der Waals surface area contributed by atoms with Crippen LogP contribution >= 0.6 is 24.0 Å². The van der Waals surface area contributed by atoms with Crippen molar-refractivity contribution >= 4 is 51.1 Å². The molecule has 1 saturated heterocycles. The molecule has 2 nitrogen and oxygen atoms in total. The summed E-state index contributed by atoms with van der Waals surface area (Å²) in [4.78, 5) is 14.8. The van der Waals surface area contributed by atoms with Crippen LogP contribution in [0.1, 0.15) is 19.4 Å². The first kappa shape index (κ1) is 14.3. The van der Waals surface area contributed by atoms with Gasteiger partial charge < -0.3 is 0 Å². The van der Waals surface area contributed by atoms with E-state index >= 15 is 0 Å². The average Bonchev–Trinajstić information content (AvgIpc) is 2.74. The number of thiocarbonyl (C=S) groups is 1. The standard InChI is InChI=1S/C17H15NOS2/c1-11(2)18-16(19)15(21-17(18)20)10-13-8-5-7-12-6-3-4-9-14(12)13/h3-11H,1-2H3/b15-10+. The molecule has 21 heavy (non-hydrogen) atoms. The molecule has 1 amide bonds. The number of hydrogen-bond acceptors (Lipinski definition) is 3. The zero-order chi connectivity index (χ0) is 15.0. The van der Waals surface area contributed by atoms with Crippen LogP contribution < -0.4 is 0 Å². The molecule has 0 saturated carbocycles. The number of amides is 1. The molecule has 0 N–H and O–H groups in total. The van der Waals surface area contributed by atoms with Crippen LogP contribution in [0.5, 0.6) is 0 Å². The van der Waals surface area contributed by atoms with Gasteiger partial charge in [0.2, 0.25) is 0 Å². The summed E-state index contributed by atoms with van der Waals surface area (Å²) in [5.74, 6) is 0.00735. The van der Waals surface area contributed by atoms with E-state index in [1.165, 1.54) is 17.1 Å². The summed E-state index contributed by atoms with van der Waals surface area (Å²) in [7, 11) is 0. The first-order chi connectivity index (χ1) is 10.1. The molecule has 0 unspecified atom stereocenters. The normalized spacial score (nSPS) is 17.5. The first-order valence-electron chi connectivity index (χ1n) is 6.83. The lowest BCUT2D eigenvalue weighted by Gasteiger charge is -2.18. The topological polar surface area (TPSA) is 20.3 Å². The Hall–Kier alpha value is -1.65. The Bertz CT molecular complexity index is 759. The minimum Gasteiger partial charge on any atom is -0.290 e. The van der Waals surface area contributed by atoms with Gasteiger partial charge >= 0.3 is 0 Å². The molecule has 0 atom stereocenters. The van der Waals surface area contributed by atoms with Gasteiger partial charge in [0.1, 0.15) is 4.32 Å². The summed E-state index contributed by atoms with van der Waals surface area (Å²) in [5, 5.41) is 2.32. The minimum absolute atomic E-state index is 0.00735. The summed E-state index contributed by atoms with van der Waals surface area (Å²) in [6.07, 6.45) is 1.95. The second-order valence-corrected chi connectivity index (χ2v) is 6.89. The highest BCUT2D eigenvalue weighted by atomic mass is 32.2. The van der Waals surface area contributed by atoms with Crippen molar-refractivity contribution in [3.05, 3.63) is 52.9 Å². The van der Waals surface area contributed by atoms with Crippen LogP contribution in [-0.4, -0.2) is 21.2 Å². The quantitative estimate of drug-likeness (QED) is 0.603. The molecule has 1 fully saturated rings. The molecule has 0 spiro atoms. The van der Waals surface area contributed by atoms with Crippen molar-refractivity contribution < 1.29 is 4.79 Å². The van der Waals surface area contributed by atoms with Crippen molar-refractivity contribution in [2.45, 2.75) is 19.9 Å². The van der Waals surface area contributed by atoms with Crippen molar-refractivity contribution in [1.29, 1.82) is 0 Å². The van der Waals surface area contributed by atoms with Gasteiger partial charge in [0.15, 0.2) is 0 Å². The number of carbonyl (C=O) groups excluding carboxylic acids is 1. The number of fused-ring (bicyclic) bond motifs is 1. The van der Waals surface area contributed by atoms with Crippen molar-refractivity contribution in [2.24, 2.45) is 0 Å². The lowest BCUT2D eigenvalue weighted by atomic mass is 10.0. The predicted molar refractivity (Wildman–Crippen MR) is 94.1 cm³/mol. The molecule has 2 aromatic carbocycles. The Balaban J connectivity index is 2.06. The summed E-state index contributed by atoms with van der Waals surface area (Å²) in [5.41, 5.74) is 1.05. The Labute approximate surface area is 133 Å². The third-order valence-electron chi connectivity index (χ3n) is 3.45. The monoisotopic (exact) mass is 313 g/mol. The molecule has 0 radical (unpaired) electrons. The van der Waals surface area contributed by atoms with Crippen molar-refractivity contribution in [2.75, 3.05) is 0 Å². The van der Waals surface area contributed by atoms with Crippen molar-refractivity contribution in [3.8, 4) is 0 Å². The summed E-state index contributed by atoms with van der Waals surface area (Å²) in [6, 6.07) is 14.4. The van der Waals surface area contributed by atoms with E-state index in [4.69, 9.17) is 12.2 Å². The van der Waals surface area contributed by atoms with Gasteiger partial charge in [0.05, 0.1) is 4.91 Å². The van der Waals surface area contributed by atoms with E-state index in [0.29, 0.717) is 9.23 Å². The van der Waals surface area contributed by atoms with Crippen LogP contribution in [0.25, 0.3) is 16.8 Å². The number of nitrogens with zero attached hydrogens (tertiary/aromatic N) is 1. The molecule has 106 valence electrons. The van der Waals surface area contributed by atoms with E-state index in [0.717, 1.165) is 10.9 Å². The molecule has 0 aliphatic carbocycles. The molecule has 1 heterocycles. The highest BCUT2D eigenvalue weighted by molar-refractivity contribution is 8.26. The summed E-state index contributed by atoms with van der Waals surface area (Å²) in [6.45, 7) is 3.96. The Morgan fingerprint density at radius 2 is 1.86 bits per heavy atom. The number of hydrogen-bond donors (Lipinski definition) is 0. The third kappa shape index (κ3) is 2.61. The Morgan fingerprint density at radius 1 is 1.14 bits per heavy atom. The average molecular weight is 313 g/mol. The van der Waals surface area contributed by atoms with Gasteiger partial charge in [-0.05, 0) is 36.3 Å². The van der Waals surface area contributed by atoms with Gasteiger partial charge in [-0.2, -0.15) is 0 Å². The van der Waals surface area contributed by atoms with E-state index in [2.05, 4.69) is 18.2 Å². The molecular weight excluding hydrogens is 298 g/mol. The molecule has 0 bridgehead atoms. The van der Waals surface area contributed by atoms with Gasteiger partial charge in [-0.3, -0.25) is 9.69 Å².